The van der Waals surface area contributed by atoms with Crippen LogP contribution in [0.3, 0.4) is 0 Å². The third kappa shape index (κ3) is 4.46. The first-order valence-corrected chi connectivity index (χ1v) is 7.42. The molecule has 7 heteroatoms. The van der Waals surface area contributed by atoms with Gasteiger partial charge in [-0.15, -0.1) is 0 Å². The molecule has 1 aliphatic heterocycles. The van der Waals surface area contributed by atoms with E-state index in [0.29, 0.717) is 18.5 Å². The second-order valence-corrected chi connectivity index (χ2v) is 5.95. The predicted molar refractivity (Wildman–Crippen MR) is 79.9 cm³/mol. The van der Waals surface area contributed by atoms with E-state index in [1.54, 1.807) is 12.1 Å². The highest BCUT2D eigenvalue weighted by atomic mass is 19.4. The van der Waals surface area contributed by atoms with Gasteiger partial charge in [0, 0.05) is 18.8 Å². The van der Waals surface area contributed by atoms with E-state index in [2.05, 4.69) is 5.32 Å². The number of piperidine rings is 1. The van der Waals surface area contributed by atoms with Crippen molar-refractivity contribution in [1.82, 2.24) is 4.90 Å². The van der Waals surface area contributed by atoms with Crippen LogP contribution in [0.2, 0.25) is 0 Å². The standard InChI is InChI=1S/C16H19F3N2O2/c1-10-6-11(2)8-13(7-10)20-14(22)12-4-3-5-21(9-12)15(23)16(17,18)19/h6-8,12H,3-5,9H2,1-2H3,(H,20,22). The predicted octanol–water partition coefficient (Wildman–Crippen LogP) is 3.04. The van der Waals surface area contributed by atoms with Crippen molar-refractivity contribution in [2.45, 2.75) is 32.9 Å². The van der Waals surface area contributed by atoms with Gasteiger partial charge < -0.3 is 10.2 Å². The van der Waals surface area contributed by atoms with Gasteiger partial charge in [-0.05, 0) is 49.9 Å². The largest absolute Gasteiger partial charge is 0.471 e. The molecule has 2 rings (SSSR count). The van der Waals surface area contributed by atoms with Crippen LogP contribution in [0.15, 0.2) is 18.2 Å². The number of rotatable bonds is 2. The molecule has 4 nitrogen and oxygen atoms in total. The highest BCUT2D eigenvalue weighted by molar-refractivity contribution is 5.93. The molecule has 0 aliphatic carbocycles. The van der Waals surface area contributed by atoms with Crippen molar-refractivity contribution in [2.75, 3.05) is 18.4 Å². The second kappa shape index (κ2) is 6.60. The number of nitrogens with zero attached hydrogens (tertiary/aromatic N) is 1. The van der Waals surface area contributed by atoms with Gasteiger partial charge in [0.05, 0.1) is 5.92 Å². The maximum atomic E-state index is 12.5. The van der Waals surface area contributed by atoms with Gasteiger partial charge in [0.2, 0.25) is 5.91 Å². The van der Waals surface area contributed by atoms with E-state index in [-0.39, 0.29) is 19.0 Å². The number of anilines is 1. The summed E-state index contributed by atoms with van der Waals surface area (Å²) in [6.45, 7) is 3.63. The van der Waals surface area contributed by atoms with Crippen molar-refractivity contribution in [1.29, 1.82) is 0 Å². The molecule has 1 aromatic carbocycles. The first kappa shape index (κ1) is 17.3. The zero-order valence-electron chi connectivity index (χ0n) is 13.0. The van der Waals surface area contributed by atoms with Crippen LogP contribution in [0.1, 0.15) is 24.0 Å². The lowest BCUT2D eigenvalue weighted by Crippen LogP contribution is -2.48. The summed E-state index contributed by atoms with van der Waals surface area (Å²) in [5.41, 5.74) is 2.59. The number of carbonyl (C=O) groups excluding carboxylic acids is 2. The molecule has 1 saturated heterocycles. The lowest BCUT2D eigenvalue weighted by atomic mass is 9.96. The number of benzene rings is 1. The van der Waals surface area contributed by atoms with Crippen LogP contribution in [0.25, 0.3) is 0 Å². The molecule has 0 radical (unpaired) electrons. The summed E-state index contributed by atoms with van der Waals surface area (Å²) in [4.78, 5) is 24.3. The molecule has 1 atom stereocenters. The van der Waals surface area contributed by atoms with Gasteiger partial charge >= 0.3 is 12.1 Å². The Kier molecular flexibility index (Phi) is 4.97. The van der Waals surface area contributed by atoms with Gasteiger partial charge in [0.1, 0.15) is 0 Å². The van der Waals surface area contributed by atoms with Crippen LogP contribution < -0.4 is 5.32 Å². The summed E-state index contributed by atoms with van der Waals surface area (Å²) in [5.74, 6) is -2.85. The zero-order chi connectivity index (χ0) is 17.2. The molecule has 0 aromatic heterocycles. The van der Waals surface area contributed by atoms with Gasteiger partial charge in [0.15, 0.2) is 0 Å². The first-order valence-electron chi connectivity index (χ1n) is 7.42. The number of carbonyl (C=O) groups is 2. The number of nitrogens with one attached hydrogen (secondary N) is 1. The number of amides is 2. The SMILES string of the molecule is Cc1cc(C)cc(NC(=O)C2CCCN(C(=O)C(F)(F)F)C2)c1. The summed E-state index contributed by atoms with van der Waals surface area (Å²) < 4.78 is 37.5. The summed E-state index contributed by atoms with van der Waals surface area (Å²) in [7, 11) is 0. The molecular weight excluding hydrogens is 309 g/mol. The van der Waals surface area contributed by atoms with E-state index in [9.17, 15) is 22.8 Å². The maximum absolute atomic E-state index is 12.5. The normalized spacial score (nSPS) is 18.7. The van der Waals surface area contributed by atoms with Crippen LogP contribution in [-0.4, -0.2) is 36.0 Å². The van der Waals surface area contributed by atoms with Gasteiger partial charge in [0.25, 0.3) is 0 Å². The molecule has 1 heterocycles. The van der Waals surface area contributed by atoms with Crippen LogP contribution in [0, 0.1) is 19.8 Å². The number of hydrogen-bond acceptors (Lipinski definition) is 2. The summed E-state index contributed by atoms with van der Waals surface area (Å²) in [6, 6.07) is 5.55. The van der Waals surface area contributed by atoms with Crippen LogP contribution >= 0.6 is 0 Å². The minimum Gasteiger partial charge on any atom is -0.334 e. The van der Waals surface area contributed by atoms with Crippen molar-refractivity contribution < 1.29 is 22.8 Å². The number of likely N-dealkylation sites (tertiary alicyclic amines) is 1. The minimum absolute atomic E-state index is 0.0334. The van der Waals surface area contributed by atoms with Crippen LogP contribution in [0.5, 0.6) is 0 Å². The molecular formula is C16H19F3N2O2. The fraction of sp³-hybridized carbons (Fsp3) is 0.500. The van der Waals surface area contributed by atoms with Crippen molar-refractivity contribution in [2.24, 2.45) is 5.92 Å². The van der Waals surface area contributed by atoms with E-state index in [0.717, 1.165) is 16.0 Å². The Balaban J connectivity index is 2.03. The van der Waals surface area contributed by atoms with E-state index in [1.165, 1.54) is 0 Å². The summed E-state index contributed by atoms with van der Waals surface area (Å²) in [5, 5.41) is 2.73. The molecule has 1 N–H and O–H groups in total. The third-order valence-electron chi connectivity index (χ3n) is 3.81. The van der Waals surface area contributed by atoms with Crippen molar-refractivity contribution in [3.05, 3.63) is 29.3 Å². The number of alkyl halides is 3. The Hall–Kier alpha value is -2.05. The van der Waals surface area contributed by atoms with Crippen LogP contribution in [0.4, 0.5) is 18.9 Å². The van der Waals surface area contributed by atoms with E-state index in [1.807, 2.05) is 19.9 Å². The minimum atomic E-state index is -4.90. The number of halogens is 3. The average molecular weight is 328 g/mol. The van der Waals surface area contributed by atoms with Gasteiger partial charge in [-0.2, -0.15) is 13.2 Å². The lowest BCUT2D eigenvalue weighted by Gasteiger charge is -2.32. The monoisotopic (exact) mass is 328 g/mol. The van der Waals surface area contributed by atoms with E-state index < -0.39 is 18.0 Å². The Morgan fingerprint density at radius 2 is 1.78 bits per heavy atom. The maximum Gasteiger partial charge on any atom is 0.471 e. The summed E-state index contributed by atoms with van der Waals surface area (Å²) >= 11 is 0. The molecule has 1 fully saturated rings. The summed E-state index contributed by atoms with van der Waals surface area (Å²) in [6.07, 6.45) is -4.04. The lowest BCUT2D eigenvalue weighted by molar-refractivity contribution is -0.187. The second-order valence-electron chi connectivity index (χ2n) is 5.95. The molecule has 0 spiro atoms. The van der Waals surface area contributed by atoms with E-state index >= 15 is 0 Å². The average Bonchev–Trinajstić information content (AvgIpc) is 2.44. The molecule has 2 amide bonds. The fourth-order valence-corrected chi connectivity index (χ4v) is 2.85. The Morgan fingerprint density at radius 3 is 2.35 bits per heavy atom. The first-order chi connectivity index (χ1) is 10.7. The Labute approximate surface area is 132 Å². The smallest absolute Gasteiger partial charge is 0.334 e. The Morgan fingerprint density at radius 1 is 1.17 bits per heavy atom. The highest BCUT2D eigenvalue weighted by Gasteiger charge is 2.44. The molecule has 23 heavy (non-hydrogen) atoms. The molecule has 1 aromatic rings. The molecule has 1 unspecified atom stereocenters. The van der Waals surface area contributed by atoms with Crippen LogP contribution in [-0.2, 0) is 9.59 Å². The number of aryl methyl sites for hydroxylation is 2. The van der Waals surface area contributed by atoms with E-state index in [4.69, 9.17) is 0 Å². The number of hydrogen-bond donors (Lipinski definition) is 1. The third-order valence-corrected chi connectivity index (χ3v) is 3.81. The topological polar surface area (TPSA) is 49.4 Å². The Bertz CT molecular complexity index is 594. The van der Waals surface area contributed by atoms with Gasteiger partial charge in [-0.25, -0.2) is 0 Å². The zero-order valence-corrected chi connectivity index (χ0v) is 13.0. The van der Waals surface area contributed by atoms with Crippen molar-refractivity contribution in [3.63, 3.8) is 0 Å². The quantitative estimate of drug-likeness (QED) is 0.907. The fourth-order valence-electron chi connectivity index (χ4n) is 2.85. The molecule has 0 saturated carbocycles. The molecule has 0 bridgehead atoms. The van der Waals surface area contributed by atoms with Crippen molar-refractivity contribution in [3.8, 4) is 0 Å². The van der Waals surface area contributed by atoms with Crippen molar-refractivity contribution >= 4 is 17.5 Å². The molecule has 126 valence electrons. The molecule has 1 aliphatic rings. The highest BCUT2D eigenvalue weighted by Crippen LogP contribution is 2.25. The van der Waals surface area contributed by atoms with Gasteiger partial charge in [-0.1, -0.05) is 6.07 Å². The van der Waals surface area contributed by atoms with Gasteiger partial charge in [-0.3, -0.25) is 9.59 Å².